The van der Waals surface area contributed by atoms with E-state index in [9.17, 15) is 0 Å². The maximum Gasteiger partial charge on any atom is 0.161 e. The summed E-state index contributed by atoms with van der Waals surface area (Å²) in [5.74, 6) is 1.77. The van der Waals surface area contributed by atoms with Crippen molar-refractivity contribution in [3.05, 3.63) is 23.3 Å². The monoisotopic (exact) mass is 253 g/mol. The Morgan fingerprint density at radius 2 is 1.83 bits per heavy atom. The van der Waals surface area contributed by atoms with Crippen LogP contribution in [0.5, 0.6) is 11.5 Å². The van der Waals surface area contributed by atoms with E-state index in [0.717, 1.165) is 30.2 Å². The molecule has 0 aromatic heterocycles. The molecule has 0 aliphatic carbocycles. The van der Waals surface area contributed by atoms with Crippen LogP contribution in [0.1, 0.15) is 18.1 Å². The third-order valence-corrected chi connectivity index (χ3v) is 2.96. The number of hydrogen-bond acceptors (Lipinski definition) is 4. The highest BCUT2D eigenvalue weighted by atomic mass is 16.5. The lowest BCUT2D eigenvalue weighted by Crippen LogP contribution is -2.23. The Hall–Kier alpha value is -1.26. The molecule has 0 heterocycles. The first-order valence-corrected chi connectivity index (χ1v) is 6.15. The van der Waals surface area contributed by atoms with Crippen LogP contribution >= 0.6 is 0 Å². The van der Waals surface area contributed by atoms with Crippen molar-refractivity contribution in [2.45, 2.75) is 20.4 Å². The topological polar surface area (TPSA) is 50.7 Å². The van der Waals surface area contributed by atoms with Crippen molar-refractivity contribution >= 4 is 0 Å². The van der Waals surface area contributed by atoms with Gasteiger partial charge in [-0.25, -0.2) is 0 Å². The minimum atomic E-state index is 0.206. The molecule has 0 saturated carbocycles. The fraction of sp³-hybridized carbons (Fsp3) is 0.571. The van der Waals surface area contributed by atoms with Crippen LogP contribution in [0.15, 0.2) is 12.1 Å². The molecule has 0 aliphatic rings. The van der Waals surface area contributed by atoms with Gasteiger partial charge in [0.2, 0.25) is 0 Å². The van der Waals surface area contributed by atoms with Crippen molar-refractivity contribution in [1.82, 2.24) is 5.32 Å². The largest absolute Gasteiger partial charge is 0.493 e. The van der Waals surface area contributed by atoms with Crippen molar-refractivity contribution in [1.29, 1.82) is 0 Å². The molecule has 0 radical (unpaired) electrons. The number of nitrogens with one attached hydrogen (secondary N) is 1. The number of hydrogen-bond donors (Lipinski definition) is 2. The van der Waals surface area contributed by atoms with E-state index in [2.05, 4.69) is 12.2 Å². The Kier molecular flexibility index (Phi) is 5.95. The molecular formula is C14H23NO3. The van der Waals surface area contributed by atoms with Gasteiger partial charge in [0, 0.05) is 19.7 Å². The number of aryl methyl sites for hydroxylation is 1. The zero-order valence-electron chi connectivity index (χ0n) is 11.6. The van der Waals surface area contributed by atoms with Gasteiger partial charge in [-0.2, -0.15) is 0 Å². The third kappa shape index (κ3) is 3.89. The Morgan fingerprint density at radius 1 is 1.22 bits per heavy atom. The standard InChI is InChI=1S/C14H23NO3/c1-10(9-16)7-15-8-12-6-14(18-4)13(17-3)5-11(12)2/h5-6,10,15-16H,7-9H2,1-4H3. The summed E-state index contributed by atoms with van der Waals surface area (Å²) in [5, 5.41) is 12.3. The number of benzene rings is 1. The van der Waals surface area contributed by atoms with Crippen LogP contribution in [0.3, 0.4) is 0 Å². The van der Waals surface area contributed by atoms with E-state index in [4.69, 9.17) is 14.6 Å². The first-order valence-electron chi connectivity index (χ1n) is 6.15. The van der Waals surface area contributed by atoms with Gasteiger partial charge in [0.25, 0.3) is 0 Å². The summed E-state index contributed by atoms with van der Waals surface area (Å²) >= 11 is 0. The summed E-state index contributed by atoms with van der Waals surface area (Å²) in [5.41, 5.74) is 2.34. The third-order valence-electron chi connectivity index (χ3n) is 2.96. The molecule has 1 atom stereocenters. The number of methoxy groups -OCH3 is 2. The van der Waals surface area contributed by atoms with Crippen LogP contribution < -0.4 is 14.8 Å². The van der Waals surface area contributed by atoms with Crippen molar-refractivity contribution in [3.8, 4) is 11.5 Å². The average Bonchev–Trinajstić information content (AvgIpc) is 2.39. The molecular weight excluding hydrogens is 230 g/mol. The summed E-state index contributed by atoms with van der Waals surface area (Å²) < 4.78 is 10.5. The predicted molar refractivity (Wildman–Crippen MR) is 72.2 cm³/mol. The Bertz CT molecular complexity index is 380. The minimum Gasteiger partial charge on any atom is -0.493 e. The molecule has 4 nitrogen and oxygen atoms in total. The molecule has 1 rings (SSSR count). The lowest BCUT2D eigenvalue weighted by atomic mass is 10.1. The van der Waals surface area contributed by atoms with Gasteiger partial charge >= 0.3 is 0 Å². The maximum atomic E-state index is 8.96. The second kappa shape index (κ2) is 7.24. The summed E-state index contributed by atoms with van der Waals surface area (Å²) in [6.07, 6.45) is 0. The van der Waals surface area contributed by atoms with Gasteiger partial charge in [0.15, 0.2) is 11.5 Å². The van der Waals surface area contributed by atoms with Crippen LogP contribution in [0.4, 0.5) is 0 Å². The minimum absolute atomic E-state index is 0.206. The zero-order valence-corrected chi connectivity index (χ0v) is 11.6. The molecule has 18 heavy (non-hydrogen) atoms. The Labute approximate surface area is 109 Å². The predicted octanol–water partition coefficient (Wildman–Crippen LogP) is 1.73. The number of rotatable bonds is 7. The van der Waals surface area contributed by atoms with Gasteiger partial charge in [0.1, 0.15) is 0 Å². The highest BCUT2D eigenvalue weighted by Crippen LogP contribution is 2.30. The summed E-state index contributed by atoms with van der Waals surface area (Å²) in [7, 11) is 3.27. The van der Waals surface area contributed by atoms with Gasteiger partial charge in [-0.05, 0) is 36.1 Å². The van der Waals surface area contributed by atoms with E-state index in [-0.39, 0.29) is 12.5 Å². The SMILES string of the molecule is COc1cc(C)c(CNCC(C)CO)cc1OC. The second-order valence-corrected chi connectivity index (χ2v) is 4.55. The van der Waals surface area contributed by atoms with Crippen LogP contribution in [-0.4, -0.2) is 32.5 Å². The highest BCUT2D eigenvalue weighted by molar-refractivity contribution is 5.46. The summed E-state index contributed by atoms with van der Waals surface area (Å²) in [6, 6.07) is 3.97. The molecule has 0 spiro atoms. The number of ether oxygens (including phenoxy) is 2. The summed E-state index contributed by atoms with van der Waals surface area (Å²) in [4.78, 5) is 0. The van der Waals surface area contributed by atoms with Crippen LogP contribution in [0, 0.1) is 12.8 Å². The molecule has 4 heteroatoms. The van der Waals surface area contributed by atoms with Crippen LogP contribution in [0.2, 0.25) is 0 Å². The Morgan fingerprint density at radius 3 is 2.39 bits per heavy atom. The molecule has 1 aromatic rings. The van der Waals surface area contributed by atoms with Crippen molar-refractivity contribution in [3.63, 3.8) is 0 Å². The van der Waals surface area contributed by atoms with Gasteiger partial charge in [-0.15, -0.1) is 0 Å². The smallest absolute Gasteiger partial charge is 0.161 e. The average molecular weight is 253 g/mol. The van der Waals surface area contributed by atoms with Gasteiger partial charge < -0.3 is 19.9 Å². The van der Waals surface area contributed by atoms with Gasteiger partial charge in [-0.1, -0.05) is 6.92 Å². The highest BCUT2D eigenvalue weighted by Gasteiger charge is 2.08. The van der Waals surface area contributed by atoms with E-state index in [1.807, 2.05) is 19.1 Å². The van der Waals surface area contributed by atoms with Crippen molar-refractivity contribution < 1.29 is 14.6 Å². The lowest BCUT2D eigenvalue weighted by Gasteiger charge is -2.14. The lowest BCUT2D eigenvalue weighted by molar-refractivity contribution is 0.233. The molecule has 0 saturated heterocycles. The molecule has 1 unspecified atom stereocenters. The second-order valence-electron chi connectivity index (χ2n) is 4.55. The van der Waals surface area contributed by atoms with E-state index >= 15 is 0 Å². The summed E-state index contributed by atoms with van der Waals surface area (Å²) in [6.45, 7) is 5.82. The quantitative estimate of drug-likeness (QED) is 0.777. The molecule has 0 bridgehead atoms. The van der Waals surface area contributed by atoms with Crippen LogP contribution in [-0.2, 0) is 6.54 Å². The normalized spacial score (nSPS) is 12.3. The molecule has 1 aromatic carbocycles. The number of aliphatic hydroxyl groups is 1. The molecule has 0 amide bonds. The molecule has 0 aliphatic heterocycles. The van der Waals surface area contributed by atoms with E-state index in [0.29, 0.717) is 0 Å². The first kappa shape index (κ1) is 14.8. The van der Waals surface area contributed by atoms with E-state index in [1.165, 1.54) is 5.56 Å². The van der Waals surface area contributed by atoms with Gasteiger partial charge in [0.05, 0.1) is 14.2 Å². The zero-order chi connectivity index (χ0) is 13.5. The fourth-order valence-electron chi connectivity index (χ4n) is 1.73. The molecule has 2 N–H and O–H groups in total. The van der Waals surface area contributed by atoms with Crippen LogP contribution in [0.25, 0.3) is 0 Å². The van der Waals surface area contributed by atoms with Crippen molar-refractivity contribution in [2.24, 2.45) is 5.92 Å². The van der Waals surface area contributed by atoms with E-state index in [1.54, 1.807) is 14.2 Å². The maximum absolute atomic E-state index is 8.96. The Balaban J connectivity index is 2.71. The molecule has 102 valence electrons. The number of aliphatic hydroxyl groups excluding tert-OH is 1. The fourth-order valence-corrected chi connectivity index (χ4v) is 1.73. The first-order chi connectivity index (χ1) is 8.62. The van der Waals surface area contributed by atoms with Crippen molar-refractivity contribution in [2.75, 3.05) is 27.4 Å². The van der Waals surface area contributed by atoms with Gasteiger partial charge in [-0.3, -0.25) is 0 Å². The van der Waals surface area contributed by atoms with E-state index < -0.39 is 0 Å². The molecule has 0 fully saturated rings.